The van der Waals surface area contributed by atoms with Crippen molar-refractivity contribution in [3.8, 4) is 5.69 Å². The molecule has 2 N–H and O–H groups in total. The highest BCUT2D eigenvalue weighted by molar-refractivity contribution is 7.90. The maximum absolute atomic E-state index is 11.7. The molecule has 1 aliphatic heterocycles. The average Bonchev–Trinajstić information content (AvgIpc) is 3.27. The van der Waals surface area contributed by atoms with Crippen molar-refractivity contribution >= 4 is 44.3 Å². The molecule has 0 radical (unpaired) electrons. The lowest BCUT2D eigenvalue weighted by Gasteiger charge is -2.34. The van der Waals surface area contributed by atoms with Gasteiger partial charge in [0, 0.05) is 67.3 Å². The van der Waals surface area contributed by atoms with E-state index in [2.05, 4.69) is 20.2 Å². The summed E-state index contributed by atoms with van der Waals surface area (Å²) in [5.41, 5.74) is 3.35. The van der Waals surface area contributed by atoms with Crippen molar-refractivity contribution in [1.82, 2.24) is 19.4 Å². The number of aromatic nitrogens is 3. The highest BCUT2D eigenvalue weighted by Crippen LogP contribution is 2.24. The molecule has 180 valence electrons. The number of carbonyl (C=O) groups is 1. The van der Waals surface area contributed by atoms with Crippen LogP contribution in [-0.2, 0) is 9.84 Å². The molecule has 0 aliphatic carbocycles. The van der Waals surface area contributed by atoms with Gasteiger partial charge < -0.3 is 24.8 Å². The van der Waals surface area contributed by atoms with Crippen LogP contribution in [0.3, 0.4) is 0 Å². The Morgan fingerprint density at radius 3 is 2.23 bits per heavy atom. The second kappa shape index (κ2) is 8.91. The minimum atomic E-state index is -3.26. The van der Waals surface area contributed by atoms with E-state index in [4.69, 9.17) is 5.11 Å². The number of nitrogens with one attached hydrogen (secondary N) is 1. The van der Waals surface area contributed by atoms with Gasteiger partial charge in [-0.1, -0.05) is 0 Å². The van der Waals surface area contributed by atoms with Gasteiger partial charge in [-0.15, -0.1) is 0 Å². The molecule has 1 fully saturated rings. The summed E-state index contributed by atoms with van der Waals surface area (Å²) in [5, 5.41) is 13.2. The van der Waals surface area contributed by atoms with Crippen LogP contribution in [0.4, 0.5) is 22.1 Å². The van der Waals surface area contributed by atoms with Gasteiger partial charge in [0.05, 0.1) is 4.90 Å². The van der Waals surface area contributed by atoms with Gasteiger partial charge in [-0.3, -0.25) is 0 Å². The number of sulfone groups is 1. The molecule has 0 saturated carbocycles. The third-order valence-electron chi connectivity index (χ3n) is 6.01. The number of benzene rings is 2. The zero-order valence-electron chi connectivity index (χ0n) is 19.0. The zero-order chi connectivity index (χ0) is 24.6. The van der Waals surface area contributed by atoms with E-state index < -0.39 is 15.9 Å². The fourth-order valence-electron chi connectivity index (χ4n) is 4.08. The van der Waals surface area contributed by atoms with Gasteiger partial charge in [-0.25, -0.2) is 18.2 Å². The molecule has 0 spiro atoms. The quantitative estimate of drug-likeness (QED) is 0.435. The average molecular weight is 493 g/mol. The Hall–Kier alpha value is -4.12. The molecule has 35 heavy (non-hydrogen) atoms. The number of carboxylic acid groups (broad SMARTS) is 1. The van der Waals surface area contributed by atoms with Crippen LogP contribution in [0.5, 0.6) is 0 Å². The lowest BCUT2D eigenvalue weighted by Crippen LogP contribution is -2.48. The second-order valence-corrected chi connectivity index (χ2v) is 10.4. The van der Waals surface area contributed by atoms with Crippen LogP contribution >= 0.6 is 0 Å². The van der Waals surface area contributed by atoms with E-state index in [0.717, 1.165) is 22.4 Å². The number of hydrogen-bond acceptors (Lipinski definition) is 7. The number of amides is 1. The maximum atomic E-state index is 11.7. The highest BCUT2D eigenvalue weighted by atomic mass is 32.2. The largest absolute Gasteiger partial charge is 0.465 e. The summed E-state index contributed by atoms with van der Waals surface area (Å²) in [6.45, 7) is 2.28. The molecular weight excluding hydrogens is 468 g/mol. The lowest BCUT2D eigenvalue weighted by molar-refractivity contribution is 0.142. The molecule has 1 amide bonds. The van der Waals surface area contributed by atoms with Crippen molar-refractivity contribution in [3.63, 3.8) is 0 Å². The fraction of sp³-hybridized carbons (Fsp3) is 0.208. The Morgan fingerprint density at radius 1 is 0.943 bits per heavy atom. The zero-order valence-corrected chi connectivity index (χ0v) is 19.8. The van der Waals surface area contributed by atoms with Crippen molar-refractivity contribution in [2.75, 3.05) is 42.7 Å². The van der Waals surface area contributed by atoms with Gasteiger partial charge in [-0.2, -0.15) is 4.98 Å². The number of fused-ring (bicyclic) bond motifs is 1. The van der Waals surface area contributed by atoms with E-state index in [1.807, 2.05) is 41.1 Å². The topological polar surface area (TPSA) is 121 Å². The SMILES string of the molecule is CS(=O)(=O)c1ccc(-n2ccc3cnc(Nc4ccc(N5CCN(C(=O)O)CC5)cc4)nc32)cc1. The predicted molar refractivity (Wildman–Crippen MR) is 134 cm³/mol. The first-order valence-electron chi connectivity index (χ1n) is 11.0. The molecule has 10 nitrogen and oxygen atoms in total. The number of hydrogen-bond donors (Lipinski definition) is 2. The molecule has 1 saturated heterocycles. The molecule has 0 atom stereocenters. The molecule has 2 aromatic heterocycles. The van der Waals surface area contributed by atoms with Crippen molar-refractivity contribution in [3.05, 3.63) is 67.0 Å². The normalized spacial score (nSPS) is 14.3. The van der Waals surface area contributed by atoms with Crippen LogP contribution in [0.15, 0.2) is 71.9 Å². The smallest absolute Gasteiger partial charge is 0.407 e. The van der Waals surface area contributed by atoms with Crippen LogP contribution in [-0.4, -0.2) is 71.5 Å². The highest BCUT2D eigenvalue weighted by Gasteiger charge is 2.20. The molecule has 4 aromatic rings. The monoisotopic (exact) mass is 492 g/mol. The Morgan fingerprint density at radius 2 is 1.60 bits per heavy atom. The van der Waals surface area contributed by atoms with Gasteiger partial charge in [0.2, 0.25) is 5.95 Å². The Labute approximate surface area is 202 Å². The number of piperazine rings is 1. The first-order valence-corrected chi connectivity index (χ1v) is 12.9. The molecular formula is C24H24N6O4S. The maximum Gasteiger partial charge on any atom is 0.407 e. The number of anilines is 3. The van der Waals surface area contributed by atoms with Crippen molar-refractivity contribution in [1.29, 1.82) is 0 Å². The van der Waals surface area contributed by atoms with Gasteiger partial charge in [-0.05, 0) is 54.6 Å². The first kappa shape index (κ1) is 22.7. The van der Waals surface area contributed by atoms with Gasteiger partial charge in [0.15, 0.2) is 9.84 Å². The minimum absolute atomic E-state index is 0.266. The van der Waals surface area contributed by atoms with E-state index in [1.165, 1.54) is 11.2 Å². The summed E-state index contributed by atoms with van der Waals surface area (Å²) in [7, 11) is -3.26. The van der Waals surface area contributed by atoms with E-state index in [9.17, 15) is 13.2 Å². The summed E-state index contributed by atoms with van der Waals surface area (Å²) < 4.78 is 25.4. The molecule has 11 heteroatoms. The van der Waals surface area contributed by atoms with Crippen molar-refractivity contribution in [2.45, 2.75) is 4.90 Å². The molecule has 0 unspecified atom stereocenters. The third-order valence-corrected chi connectivity index (χ3v) is 7.14. The van der Waals surface area contributed by atoms with Gasteiger partial charge in [0.1, 0.15) is 5.65 Å². The summed E-state index contributed by atoms with van der Waals surface area (Å²) >= 11 is 0. The molecule has 5 rings (SSSR count). The first-order chi connectivity index (χ1) is 16.8. The van der Waals surface area contributed by atoms with Crippen LogP contribution in [0.2, 0.25) is 0 Å². The number of nitrogens with zero attached hydrogens (tertiary/aromatic N) is 5. The molecule has 1 aliphatic rings. The van der Waals surface area contributed by atoms with Crippen molar-refractivity contribution in [2.24, 2.45) is 0 Å². The second-order valence-electron chi connectivity index (χ2n) is 8.35. The third kappa shape index (κ3) is 4.76. The fourth-order valence-corrected chi connectivity index (χ4v) is 4.71. The van der Waals surface area contributed by atoms with Crippen LogP contribution < -0.4 is 10.2 Å². The van der Waals surface area contributed by atoms with E-state index >= 15 is 0 Å². The van der Waals surface area contributed by atoms with Crippen molar-refractivity contribution < 1.29 is 18.3 Å². The van der Waals surface area contributed by atoms with E-state index in [-0.39, 0.29) is 4.90 Å². The summed E-state index contributed by atoms with van der Waals surface area (Å²) in [5.74, 6) is 0.438. The van der Waals surface area contributed by atoms with Crippen LogP contribution in [0.1, 0.15) is 0 Å². The lowest BCUT2D eigenvalue weighted by atomic mass is 10.2. The Bertz CT molecular complexity index is 1470. The predicted octanol–water partition coefficient (Wildman–Crippen LogP) is 3.37. The van der Waals surface area contributed by atoms with Crippen LogP contribution in [0.25, 0.3) is 16.7 Å². The Kier molecular flexibility index (Phi) is 5.77. The van der Waals surface area contributed by atoms with Gasteiger partial charge in [0.25, 0.3) is 0 Å². The molecule has 2 aromatic carbocycles. The van der Waals surface area contributed by atoms with E-state index in [0.29, 0.717) is 37.8 Å². The van der Waals surface area contributed by atoms with Crippen LogP contribution in [0, 0.1) is 0 Å². The standard InChI is InChI=1S/C24H24N6O4S/c1-35(33,34)21-8-6-20(7-9-21)30-11-10-17-16-25-23(27-22(17)30)26-18-2-4-19(5-3-18)28-12-14-29(15-13-28)24(31)32/h2-11,16H,12-15H2,1H3,(H,31,32)(H,25,26,27). The summed E-state index contributed by atoms with van der Waals surface area (Å²) in [6.07, 6.45) is 3.92. The summed E-state index contributed by atoms with van der Waals surface area (Å²) in [4.78, 5) is 24.0. The molecule has 0 bridgehead atoms. The number of rotatable bonds is 5. The van der Waals surface area contributed by atoms with Gasteiger partial charge >= 0.3 is 6.09 Å². The summed E-state index contributed by atoms with van der Waals surface area (Å²) in [6, 6.07) is 16.4. The Balaban J connectivity index is 1.32. The minimum Gasteiger partial charge on any atom is -0.465 e. The molecule has 3 heterocycles. The van der Waals surface area contributed by atoms with E-state index in [1.54, 1.807) is 30.5 Å².